The van der Waals surface area contributed by atoms with Crippen molar-refractivity contribution in [1.29, 1.82) is 0 Å². The average Bonchev–Trinajstić information content (AvgIpc) is 2.56. The predicted octanol–water partition coefficient (Wildman–Crippen LogP) is 3.09. The molecular weight excluding hydrogens is 342 g/mol. The molecule has 2 aromatic rings. The van der Waals surface area contributed by atoms with E-state index in [0.717, 1.165) is 11.1 Å². The number of benzene rings is 2. The van der Waals surface area contributed by atoms with Crippen LogP contribution in [0.25, 0.3) is 0 Å². The topological polar surface area (TPSA) is 75.6 Å². The van der Waals surface area contributed by atoms with Crippen LogP contribution in [0.3, 0.4) is 0 Å². The van der Waals surface area contributed by atoms with Crippen molar-refractivity contribution in [1.82, 2.24) is 5.32 Å². The molecule has 0 saturated heterocycles. The molecule has 25 heavy (non-hydrogen) atoms. The molecule has 1 amide bonds. The second-order valence-corrected chi connectivity index (χ2v) is 6.12. The SMILES string of the molecule is COc1ccccc1CC(=O)NC(CC(=O)O)Cc1ccc(Cl)cc1. The van der Waals surface area contributed by atoms with E-state index in [-0.39, 0.29) is 18.7 Å². The van der Waals surface area contributed by atoms with Crippen LogP contribution in [-0.4, -0.2) is 30.1 Å². The summed E-state index contributed by atoms with van der Waals surface area (Å²) in [5.74, 6) is -0.577. The lowest BCUT2D eigenvalue weighted by Gasteiger charge is -2.18. The van der Waals surface area contributed by atoms with Gasteiger partial charge in [-0.1, -0.05) is 41.9 Å². The second-order valence-electron chi connectivity index (χ2n) is 5.68. The van der Waals surface area contributed by atoms with Crippen molar-refractivity contribution in [3.63, 3.8) is 0 Å². The van der Waals surface area contributed by atoms with E-state index in [1.165, 1.54) is 0 Å². The number of aliphatic carboxylic acids is 1. The molecule has 0 bridgehead atoms. The first kappa shape index (κ1) is 18.8. The van der Waals surface area contributed by atoms with Crippen molar-refractivity contribution in [3.8, 4) is 5.75 Å². The molecule has 0 aliphatic rings. The number of methoxy groups -OCH3 is 1. The summed E-state index contributed by atoms with van der Waals surface area (Å²) in [7, 11) is 1.55. The third-order valence-corrected chi connectivity index (χ3v) is 3.98. The number of hydrogen-bond donors (Lipinski definition) is 2. The molecule has 0 heterocycles. The first-order chi connectivity index (χ1) is 12.0. The minimum atomic E-state index is -0.962. The number of para-hydroxylation sites is 1. The standard InChI is InChI=1S/C19H20ClNO4/c1-25-17-5-3-2-4-14(17)11-18(22)21-16(12-19(23)24)10-13-6-8-15(20)9-7-13/h2-9,16H,10-12H2,1H3,(H,21,22)(H,23,24). The van der Waals surface area contributed by atoms with Crippen LogP contribution >= 0.6 is 11.6 Å². The van der Waals surface area contributed by atoms with Crippen molar-refractivity contribution < 1.29 is 19.4 Å². The molecule has 1 unspecified atom stereocenters. The van der Waals surface area contributed by atoms with Crippen LogP contribution < -0.4 is 10.1 Å². The Hall–Kier alpha value is -2.53. The fourth-order valence-corrected chi connectivity index (χ4v) is 2.72. The Balaban J connectivity index is 2.03. The number of halogens is 1. The highest BCUT2D eigenvalue weighted by Gasteiger charge is 2.18. The van der Waals surface area contributed by atoms with Gasteiger partial charge in [0.15, 0.2) is 0 Å². The minimum absolute atomic E-state index is 0.126. The quantitative estimate of drug-likeness (QED) is 0.757. The largest absolute Gasteiger partial charge is 0.496 e. The van der Waals surface area contributed by atoms with Gasteiger partial charge in [-0.15, -0.1) is 0 Å². The molecule has 0 aliphatic carbocycles. The fraction of sp³-hybridized carbons (Fsp3) is 0.263. The monoisotopic (exact) mass is 361 g/mol. The number of hydrogen-bond acceptors (Lipinski definition) is 3. The molecule has 0 saturated carbocycles. The van der Waals surface area contributed by atoms with E-state index in [0.29, 0.717) is 17.2 Å². The molecule has 0 radical (unpaired) electrons. The molecule has 2 rings (SSSR count). The van der Waals surface area contributed by atoms with Gasteiger partial charge >= 0.3 is 5.97 Å². The third kappa shape index (κ3) is 6.12. The van der Waals surface area contributed by atoms with Crippen LogP contribution in [0.15, 0.2) is 48.5 Å². The second kappa shape index (κ2) is 9.08. The molecule has 1 atom stereocenters. The number of nitrogens with one attached hydrogen (secondary N) is 1. The van der Waals surface area contributed by atoms with Crippen LogP contribution in [0.4, 0.5) is 0 Å². The van der Waals surface area contributed by atoms with Gasteiger partial charge < -0.3 is 15.2 Å². The molecule has 5 nitrogen and oxygen atoms in total. The van der Waals surface area contributed by atoms with Crippen molar-refractivity contribution in [2.24, 2.45) is 0 Å². The molecule has 0 fully saturated rings. The van der Waals surface area contributed by atoms with Gasteiger partial charge in [-0.25, -0.2) is 0 Å². The van der Waals surface area contributed by atoms with E-state index < -0.39 is 12.0 Å². The van der Waals surface area contributed by atoms with Gasteiger partial charge in [0.25, 0.3) is 0 Å². The van der Waals surface area contributed by atoms with Gasteiger partial charge in [0.1, 0.15) is 5.75 Å². The highest BCUT2D eigenvalue weighted by Crippen LogP contribution is 2.18. The van der Waals surface area contributed by atoms with Gasteiger partial charge in [0, 0.05) is 16.6 Å². The lowest BCUT2D eigenvalue weighted by Crippen LogP contribution is -2.39. The Morgan fingerprint density at radius 2 is 1.84 bits per heavy atom. The summed E-state index contributed by atoms with van der Waals surface area (Å²) in [6, 6.07) is 13.9. The van der Waals surface area contributed by atoms with E-state index in [4.69, 9.17) is 21.4 Å². The zero-order chi connectivity index (χ0) is 18.2. The summed E-state index contributed by atoms with van der Waals surface area (Å²) >= 11 is 5.86. The van der Waals surface area contributed by atoms with E-state index in [9.17, 15) is 9.59 Å². The number of carboxylic acid groups (broad SMARTS) is 1. The molecule has 2 aromatic carbocycles. The fourth-order valence-electron chi connectivity index (χ4n) is 2.59. The summed E-state index contributed by atoms with van der Waals surface area (Å²) < 4.78 is 5.24. The Bertz CT molecular complexity index is 730. The van der Waals surface area contributed by atoms with Gasteiger partial charge in [-0.05, 0) is 30.2 Å². The van der Waals surface area contributed by atoms with Gasteiger partial charge in [0.2, 0.25) is 5.91 Å². The van der Waals surface area contributed by atoms with E-state index in [1.807, 2.05) is 30.3 Å². The summed E-state index contributed by atoms with van der Waals surface area (Å²) in [6.45, 7) is 0. The van der Waals surface area contributed by atoms with Crippen LogP contribution in [-0.2, 0) is 22.4 Å². The number of carboxylic acids is 1. The first-order valence-electron chi connectivity index (χ1n) is 7.85. The maximum Gasteiger partial charge on any atom is 0.305 e. The summed E-state index contributed by atoms with van der Waals surface area (Å²) in [5, 5.41) is 12.5. The van der Waals surface area contributed by atoms with Crippen LogP contribution in [0, 0.1) is 0 Å². The Kier molecular flexibility index (Phi) is 6.83. The molecular formula is C19H20ClNO4. The molecule has 2 N–H and O–H groups in total. The Morgan fingerprint density at radius 3 is 2.48 bits per heavy atom. The average molecular weight is 362 g/mol. The maximum absolute atomic E-state index is 12.3. The first-order valence-corrected chi connectivity index (χ1v) is 8.23. The van der Waals surface area contributed by atoms with Gasteiger partial charge in [0.05, 0.1) is 20.0 Å². The normalized spacial score (nSPS) is 11.6. The molecule has 0 aliphatic heterocycles. The lowest BCUT2D eigenvalue weighted by atomic mass is 10.0. The predicted molar refractivity (Wildman–Crippen MR) is 96.0 cm³/mol. The van der Waals surface area contributed by atoms with E-state index in [2.05, 4.69) is 5.32 Å². The van der Waals surface area contributed by atoms with Crippen LogP contribution in [0.1, 0.15) is 17.5 Å². The van der Waals surface area contributed by atoms with Crippen LogP contribution in [0.2, 0.25) is 5.02 Å². The molecule has 0 aromatic heterocycles. The van der Waals surface area contributed by atoms with Gasteiger partial charge in [-0.3, -0.25) is 9.59 Å². The van der Waals surface area contributed by atoms with E-state index >= 15 is 0 Å². The number of carbonyl (C=O) groups excluding carboxylic acids is 1. The number of ether oxygens (including phenoxy) is 1. The highest BCUT2D eigenvalue weighted by molar-refractivity contribution is 6.30. The van der Waals surface area contributed by atoms with Crippen molar-refractivity contribution >= 4 is 23.5 Å². The van der Waals surface area contributed by atoms with Crippen molar-refractivity contribution in [2.75, 3.05) is 7.11 Å². The summed E-state index contributed by atoms with van der Waals surface area (Å²) in [4.78, 5) is 23.4. The zero-order valence-electron chi connectivity index (χ0n) is 13.9. The Labute approximate surface area is 151 Å². The number of amides is 1. The smallest absolute Gasteiger partial charge is 0.305 e. The minimum Gasteiger partial charge on any atom is -0.496 e. The number of carbonyl (C=O) groups is 2. The summed E-state index contributed by atoms with van der Waals surface area (Å²) in [5.41, 5.74) is 1.66. The summed E-state index contributed by atoms with van der Waals surface area (Å²) in [6.07, 6.45) is 0.391. The zero-order valence-corrected chi connectivity index (χ0v) is 14.6. The molecule has 0 spiro atoms. The van der Waals surface area contributed by atoms with Crippen molar-refractivity contribution in [3.05, 3.63) is 64.7 Å². The van der Waals surface area contributed by atoms with Gasteiger partial charge in [-0.2, -0.15) is 0 Å². The van der Waals surface area contributed by atoms with Crippen molar-refractivity contribution in [2.45, 2.75) is 25.3 Å². The van der Waals surface area contributed by atoms with Crippen LogP contribution in [0.5, 0.6) is 5.75 Å². The number of rotatable bonds is 8. The Morgan fingerprint density at radius 1 is 1.16 bits per heavy atom. The lowest BCUT2D eigenvalue weighted by molar-refractivity contribution is -0.137. The van der Waals surface area contributed by atoms with E-state index in [1.54, 1.807) is 25.3 Å². The maximum atomic E-state index is 12.3. The highest BCUT2D eigenvalue weighted by atomic mass is 35.5. The molecule has 6 heteroatoms. The third-order valence-electron chi connectivity index (χ3n) is 3.73. The molecule has 132 valence electrons.